The highest BCUT2D eigenvalue weighted by Gasteiger charge is 2.10. The van der Waals surface area contributed by atoms with Gasteiger partial charge in [-0.1, -0.05) is 37.3 Å². The number of aryl methyl sites for hydroxylation is 2. The van der Waals surface area contributed by atoms with Crippen LogP contribution in [0.2, 0.25) is 0 Å². The quantitative estimate of drug-likeness (QED) is 0.829. The zero-order valence-corrected chi connectivity index (χ0v) is 11.5. The van der Waals surface area contributed by atoms with Gasteiger partial charge in [-0.15, -0.1) is 0 Å². The average molecular weight is 258 g/mol. The topological polar surface area (TPSA) is 38.0 Å². The Labute approximate surface area is 114 Å². The maximum absolute atomic E-state index is 10.1. The second-order valence-corrected chi connectivity index (χ2v) is 4.92. The fraction of sp³-hybridized carbons (Fsp3) is 0.438. The molecule has 0 saturated carbocycles. The third kappa shape index (κ3) is 4.21. The molecule has 0 bridgehead atoms. The van der Waals surface area contributed by atoms with E-state index in [1.807, 2.05) is 30.6 Å². The number of hydrogen-bond donors (Lipinski definition) is 1. The molecule has 19 heavy (non-hydrogen) atoms. The number of rotatable bonds is 7. The van der Waals surface area contributed by atoms with Crippen LogP contribution in [0, 0.1) is 0 Å². The van der Waals surface area contributed by atoms with Crippen LogP contribution in [0.15, 0.2) is 42.7 Å². The van der Waals surface area contributed by atoms with Gasteiger partial charge in [0.05, 0.1) is 6.10 Å². The first-order valence-corrected chi connectivity index (χ1v) is 7.01. The van der Waals surface area contributed by atoms with Crippen LogP contribution in [0.25, 0.3) is 0 Å². The van der Waals surface area contributed by atoms with E-state index in [9.17, 15) is 5.11 Å². The van der Waals surface area contributed by atoms with Crippen molar-refractivity contribution in [2.24, 2.45) is 0 Å². The lowest BCUT2D eigenvalue weighted by atomic mass is 10.0. The second kappa shape index (κ2) is 7.10. The molecule has 0 aliphatic heterocycles. The Morgan fingerprint density at radius 2 is 2.05 bits per heavy atom. The highest BCUT2D eigenvalue weighted by atomic mass is 16.3. The van der Waals surface area contributed by atoms with E-state index in [2.05, 4.69) is 28.6 Å². The molecule has 1 aromatic heterocycles. The predicted octanol–water partition coefficient (Wildman–Crippen LogP) is 2.83. The molecule has 0 aliphatic carbocycles. The van der Waals surface area contributed by atoms with Gasteiger partial charge in [0.25, 0.3) is 0 Å². The van der Waals surface area contributed by atoms with Gasteiger partial charge >= 0.3 is 0 Å². The van der Waals surface area contributed by atoms with Crippen molar-refractivity contribution in [3.05, 3.63) is 54.1 Å². The largest absolute Gasteiger partial charge is 0.393 e. The highest BCUT2D eigenvalue weighted by molar-refractivity contribution is 5.14. The number of aliphatic hydroxyl groups excluding tert-OH is 1. The van der Waals surface area contributed by atoms with Gasteiger partial charge in [0, 0.05) is 25.4 Å². The van der Waals surface area contributed by atoms with E-state index in [-0.39, 0.29) is 6.10 Å². The monoisotopic (exact) mass is 258 g/mol. The number of nitrogens with zero attached hydrogens (tertiary/aromatic N) is 2. The molecule has 0 spiro atoms. The summed E-state index contributed by atoms with van der Waals surface area (Å²) >= 11 is 0. The van der Waals surface area contributed by atoms with Crippen molar-refractivity contribution in [3.8, 4) is 0 Å². The summed E-state index contributed by atoms with van der Waals surface area (Å²) in [5.41, 5.74) is 1.28. The molecule has 0 fully saturated rings. The van der Waals surface area contributed by atoms with E-state index in [1.54, 1.807) is 0 Å². The maximum atomic E-state index is 10.1. The summed E-state index contributed by atoms with van der Waals surface area (Å²) in [6.45, 7) is 3.12. The highest BCUT2D eigenvalue weighted by Crippen LogP contribution is 2.09. The molecule has 3 nitrogen and oxygen atoms in total. The molecular weight excluding hydrogens is 236 g/mol. The molecule has 1 heterocycles. The van der Waals surface area contributed by atoms with Crippen LogP contribution >= 0.6 is 0 Å². The number of benzene rings is 1. The molecule has 1 unspecified atom stereocenters. The second-order valence-electron chi connectivity index (χ2n) is 4.92. The summed E-state index contributed by atoms with van der Waals surface area (Å²) < 4.78 is 2.13. The molecule has 0 aliphatic rings. The van der Waals surface area contributed by atoms with Gasteiger partial charge < -0.3 is 9.67 Å². The summed E-state index contributed by atoms with van der Waals surface area (Å²) in [5.74, 6) is 0.988. The summed E-state index contributed by atoms with van der Waals surface area (Å²) in [5, 5.41) is 10.1. The minimum absolute atomic E-state index is 0.321. The van der Waals surface area contributed by atoms with Crippen molar-refractivity contribution in [2.75, 3.05) is 0 Å². The fourth-order valence-electron chi connectivity index (χ4n) is 2.27. The normalized spacial score (nSPS) is 12.5. The summed E-state index contributed by atoms with van der Waals surface area (Å²) in [6, 6.07) is 10.3. The van der Waals surface area contributed by atoms with Gasteiger partial charge in [-0.25, -0.2) is 4.98 Å². The predicted molar refractivity (Wildman–Crippen MR) is 77.0 cm³/mol. The third-order valence-corrected chi connectivity index (χ3v) is 3.29. The van der Waals surface area contributed by atoms with Crippen molar-refractivity contribution < 1.29 is 5.11 Å². The first-order chi connectivity index (χ1) is 9.29. The summed E-state index contributed by atoms with van der Waals surface area (Å²) in [4.78, 5) is 4.33. The first-order valence-electron chi connectivity index (χ1n) is 7.01. The van der Waals surface area contributed by atoms with Crippen LogP contribution in [0.3, 0.4) is 0 Å². The van der Waals surface area contributed by atoms with Gasteiger partial charge in [0.15, 0.2) is 0 Å². The van der Waals surface area contributed by atoms with Crippen LogP contribution in [-0.4, -0.2) is 20.8 Å². The Balaban J connectivity index is 1.84. The smallest absolute Gasteiger partial charge is 0.111 e. The van der Waals surface area contributed by atoms with E-state index in [1.165, 1.54) is 5.56 Å². The van der Waals surface area contributed by atoms with Crippen molar-refractivity contribution >= 4 is 0 Å². The number of hydrogen-bond acceptors (Lipinski definition) is 2. The Hall–Kier alpha value is -1.61. The van der Waals surface area contributed by atoms with Crippen molar-refractivity contribution in [2.45, 2.75) is 45.3 Å². The first kappa shape index (κ1) is 13.8. The maximum Gasteiger partial charge on any atom is 0.111 e. The molecule has 0 radical (unpaired) electrons. The lowest BCUT2D eigenvalue weighted by molar-refractivity contribution is 0.161. The molecule has 0 amide bonds. The molecular formula is C16H22N2O. The number of imidazole rings is 1. The fourth-order valence-corrected chi connectivity index (χ4v) is 2.27. The third-order valence-electron chi connectivity index (χ3n) is 3.29. The van der Waals surface area contributed by atoms with Crippen molar-refractivity contribution in [1.29, 1.82) is 0 Å². The molecule has 0 saturated heterocycles. The minimum Gasteiger partial charge on any atom is -0.393 e. The van der Waals surface area contributed by atoms with Crippen molar-refractivity contribution in [1.82, 2.24) is 9.55 Å². The van der Waals surface area contributed by atoms with Crippen LogP contribution < -0.4 is 0 Å². The Bertz CT molecular complexity index is 479. The lowest BCUT2D eigenvalue weighted by Gasteiger charge is -2.12. The molecule has 3 heteroatoms. The summed E-state index contributed by atoms with van der Waals surface area (Å²) in [7, 11) is 0. The van der Waals surface area contributed by atoms with E-state index in [4.69, 9.17) is 0 Å². The average Bonchev–Trinajstić information content (AvgIpc) is 2.85. The number of aliphatic hydroxyl groups is 1. The van der Waals surface area contributed by atoms with Gasteiger partial charge in [-0.3, -0.25) is 0 Å². The van der Waals surface area contributed by atoms with E-state index in [0.717, 1.165) is 31.6 Å². The lowest BCUT2D eigenvalue weighted by Crippen LogP contribution is -2.15. The number of aromatic nitrogens is 2. The minimum atomic E-state index is -0.321. The molecule has 2 rings (SSSR count). The van der Waals surface area contributed by atoms with Crippen LogP contribution in [0.4, 0.5) is 0 Å². The van der Waals surface area contributed by atoms with Crippen LogP contribution in [0.1, 0.15) is 31.2 Å². The van der Waals surface area contributed by atoms with Crippen molar-refractivity contribution in [3.63, 3.8) is 0 Å². The molecule has 1 aromatic carbocycles. The van der Waals surface area contributed by atoms with Gasteiger partial charge in [0.2, 0.25) is 0 Å². The van der Waals surface area contributed by atoms with Crippen LogP contribution in [0.5, 0.6) is 0 Å². The van der Waals surface area contributed by atoms with E-state index >= 15 is 0 Å². The zero-order chi connectivity index (χ0) is 13.5. The van der Waals surface area contributed by atoms with Gasteiger partial charge in [0.1, 0.15) is 5.82 Å². The molecule has 2 aromatic rings. The zero-order valence-electron chi connectivity index (χ0n) is 11.5. The summed E-state index contributed by atoms with van der Waals surface area (Å²) in [6.07, 6.45) is 6.90. The molecule has 1 N–H and O–H groups in total. The van der Waals surface area contributed by atoms with Gasteiger partial charge in [-0.2, -0.15) is 0 Å². The van der Waals surface area contributed by atoms with E-state index < -0.39 is 0 Å². The Kier molecular flexibility index (Phi) is 5.16. The van der Waals surface area contributed by atoms with Gasteiger partial charge in [-0.05, 0) is 24.8 Å². The Morgan fingerprint density at radius 3 is 2.79 bits per heavy atom. The SMILES string of the molecule is CCCn1ccnc1CC(O)CCc1ccccc1. The standard InChI is InChI=1S/C16H22N2O/c1-2-11-18-12-10-17-16(18)13-15(19)9-8-14-6-4-3-5-7-14/h3-7,10,12,15,19H,2,8-9,11,13H2,1H3. The van der Waals surface area contributed by atoms with Crippen LogP contribution in [-0.2, 0) is 19.4 Å². The van der Waals surface area contributed by atoms with E-state index in [0.29, 0.717) is 6.42 Å². The Morgan fingerprint density at radius 1 is 1.26 bits per heavy atom. The molecule has 1 atom stereocenters. The molecule has 102 valence electrons.